The fourth-order valence-corrected chi connectivity index (χ4v) is 3.42. The van der Waals surface area contributed by atoms with Crippen LogP contribution in [-0.2, 0) is 14.3 Å². The van der Waals surface area contributed by atoms with Crippen LogP contribution in [0, 0.1) is 0 Å². The molecular weight excluding hydrogens is 358 g/mol. The monoisotopic (exact) mass is 389 g/mol. The standard InChI is InChI=1S/C20H31N5O3/c1-23-9-11-25(12-10-23)18-5-3-17(4-6-18)22-20(27)19(26)21-7-2-8-24-13-15-28-16-14-24/h3-6H,2,7-16H2,1H3,(H,21,26)(H,22,27). The minimum atomic E-state index is -0.626. The zero-order valence-electron chi connectivity index (χ0n) is 16.7. The number of carbonyl (C=O) groups is 2. The van der Waals surface area contributed by atoms with Gasteiger partial charge in [-0.2, -0.15) is 0 Å². The Labute approximate surface area is 166 Å². The molecule has 2 heterocycles. The zero-order valence-corrected chi connectivity index (χ0v) is 16.7. The molecule has 2 amide bonds. The van der Waals surface area contributed by atoms with Gasteiger partial charge in [-0.25, -0.2) is 0 Å². The molecule has 8 nitrogen and oxygen atoms in total. The number of anilines is 2. The molecule has 28 heavy (non-hydrogen) atoms. The van der Waals surface area contributed by atoms with Gasteiger partial charge in [0.05, 0.1) is 13.2 Å². The van der Waals surface area contributed by atoms with Crippen molar-refractivity contribution in [1.29, 1.82) is 0 Å². The van der Waals surface area contributed by atoms with Gasteiger partial charge in [-0.1, -0.05) is 0 Å². The molecule has 0 atom stereocenters. The molecule has 0 aliphatic carbocycles. The van der Waals surface area contributed by atoms with Crippen molar-refractivity contribution in [2.75, 3.05) is 82.8 Å². The number of nitrogens with one attached hydrogen (secondary N) is 2. The van der Waals surface area contributed by atoms with Crippen LogP contribution < -0.4 is 15.5 Å². The Morgan fingerprint density at radius 3 is 2.32 bits per heavy atom. The summed E-state index contributed by atoms with van der Waals surface area (Å²) >= 11 is 0. The summed E-state index contributed by atoms with van der Waals surface area (Å²) in [6.07, 6.45) is 0.818. The van der Waals surface area contributed by atoms with Crippen molar-refractivity contribution in [2.45, 2.75) is 6.42 Å². The minimum Gasteiger partial charge on any atom is -0.379 e. The van der Waals surface area contributed by atoms with Crippen LogP contribution in [-0.4, -0.2) is 94.2 Å². The van der Waals surface area contributed by atoms with Crippen LogP contribution in [0.15, 0.2) is 24.3 Å². The predicted octanol–water partition coefficient (Wildman–Crippen LogP) is 0.215. The highest BCUT2D eigenvalue weighted by molar-refractivity contribution is 6.39. The maximum absolute atomic E-state index is 12.1. The number of hydrogen-bond acceptors (Lipinski definition) is 6. The van der Waals surface area contributed by atoms with Crippen molar-refractivity contribution in [1.82, 2.24) is 15.1 Å². The molecule has 0 aromatic heterocycles. The number of amides is 2. The van der Waals surface area contributed by atoms with Crippen LogP contribution >= 0.6 is 0 Å². The number of rotatable bonds is 6. The minimum absolute atomic E-state index is 0.492. The SMILES string of the molecule is CN1CCN(c2ccc(NC(=O)C(=O)NCCCN3CCOCC3)cc2)CC1. The molecule has 0 saturated carbocycles. The number of carbonyl (C=O) groups excluding carboxylic acids is 2. The molecular formula is C20H31N5O3. The number of piperazine rings is 1. The lowest BCUT2D eigenvalue weighted by molar-refractivity contribution is -0.136. The molecule has 0 spiro atoms. The summed E-state index contributed by atoms with van der Waals surface area (Å²) in [5.74, 6) is -1.22. The van der Waals surface area contributed by atoms with Crippen molar-refractivity contribution in [3.63, 3.8) is 0 Å². The van der Waals surface area contributed by atoms with Crippen LogP contribution in [0.25, 0.3) is 0 Å². The molecule has 0 unspecified atom stereocenters. The maximum atomic E-state index is 12.1. The van der Waals surface area contributed by atoms with E-state index in [1.807, 2.05) is 24.3 Å². The van der Waals surface area contributed by atoms with E-state index in [0.29, 0.717) is 12.2 Å². The van der Waals surface area contributed by atoms with Crippen molar-refractivity contribution in [3.05, 3.63) is 24.3 Å². The lowest BCUT2D eigenvalue weighted by Gasteiger charge is -2.34. The normalized spacial score (nSPS) is 18.7. The average molecular weight is 390 g/mol. The Morgan fingerprint density at radius 1 is 0.964 bits per heavy atom. The van der Waals surface area contributed by atoms with Gasteiger partial charge in [0.2, 0.25) is 0 Å². The Hall–Kier alpha value is -2.16. The largest absolute Gasteiger partial charge is 0.379 e. The molecule has 1 aromatic carbocycles. The molecule has 8 heteroatoms. The molecule has 2 fully saturated rings. The second-order valence-corrected chi connectivity index (χ2v) is 7.35. The molecule has 0 bridgehead atoms. The number of nitrogens with zero attached hydrogens (tertiary/aromatic N) is 3. The van der Waals surface area contributed by atoms with E-state index in [1.54, 1.807) is 0 Å². The smallest absolute Gasteiger partial charge is 0.313 e. The molecule has 0 radical (unpaired) electrons. The van der Waals surface area contributed by atoms with E-state index in [0.717, 1.165) is 71.1 Å². The molecule has 1 aromatic rings. The van der Waals surface area contributed by atoms with E-state index >= 15 is 0 Å². The van der Waals surface area contributed by atoms with Crippen LogP contribution in [0.5, 0.6) is 0 Å². The fraction of sp³-hybridized carbons (Fsp3) is 0.600. The first-order valence-corrected chi connectivity index (χ1v) is 10.0. The van der Waals surface area contributed by atoms with Gasteiger partial charge in [0.1, 0.15) is 0 Å². The quantitative estimate of drug-likeness (QED) is 0.535. The predicted molar refractivity (Wildman–Crippen MR) is 110 cm³/mol. The fourth-order valence-electron chi connectivity index (χ4n) is 3.42. The number of likely N-dealkylation sites (N-methyl/N-ethyl adjacent to an activating group) is 1. The van der Waals surface area contributed by atoms with Gasteiger partial charge in [0.15, 0.2) is 0 Å². The third kappa shape index (κ3) is 6.19. The van der Waals surface area contributed by atoms with Crippen molar-refractivity contribution in [2.24, 2.45) is 0 Å². The second-order valence-electron chi connectivity index (χ2n) is 7.35. The third-order valence-electron chi connectivity index (χ3n) is 5.24. The lowest BCUT2D eigenvalue weighted by atomic mass is 10.2. The van der Waals surface area contributed by atoms with E-state index in [2.05, 4.69) is 32.4 Å². The Morgan fingerprint density at radius 2 is 1.64 bits per heavy atom. The first kappa shape index (κ1) is 20.6. The molecule has 2 saturated heterocycles. The summed E-state index contributed by atoms with van der Waals surface area (Å²) in [7, 11) is 2.13. The van der Waals surface area contributed by atoms with E-state index in [-0.39, 0.29) is 0 Å². The van der Waals surface area contributed by atoms with Crippen molar-refractivity contribution < 1.29 is 14.3 Å². The first-order chi connectivity index (χ1) is 13.6. The summed E-state index contributed by atoms with van der Waals surface area (Å²) in [5, 5.41) is 5.35. The first-order valence-electron chi connectivity index (χ1n) is 10.0. The maximum Gasteiger partial charge on any atom is 0.313 e. The highest BCUT2D eigenvalue weighted by Gasteiger charge is 2.16. The van der Waals surface area contributed by atoms with E-state index in [9.17, 15) is 9.59 Å². The van der Waals surface area contributed by atoms with Crippen LogP contribution in [0.3, 0.4) is 0 Å². The molecule has 154 valence electrons. The number of ether oxygens (including phenoxy) is 1. The number of hydrogen-bond donors (Lipinski definition) is 2. The summed E-state index contributed by atoms with van der Waals surface area (Å²) in [4.78, 5) is 31.0. The van der Waals surface area contributed by atoms with E-state index < -0.39 is 11.8 Å². The van der Waals surface area contributed by atoms with Crippen LogP contribution in [0.4, 0.5) is 11.4 Å². The van der Waals surface area contributed by atoms with Gasteiger partial charge < -0.3 is 25.2 Å². The van der Waals surface area contributed by atoms with Crippen LogP contribution in [0.1, 0.15) is 6.42 Å². The molecule has 2 aliphatic heterocycles. The van der Waals surface area contributed by atoms with Gasteiger partial charge in [-0.15, -0.1) is 0 Å². The summed E-state index contributed by atoms with van der Waals surface area (Å²) in [6.45, 7) is 8.87. The van der Waals surface area contributed by atoms with Gasteiger partial charge in [-0.05, 0) is 44.3 Å². The van der Waals surface area contributed by atoms with E-state index in [1.165, 1.54) is 0 Å². The molecule has 2 aliphatic rings. The second kappa shape index (κ2) is 10.4. The highest BCUT2D eigenvalue weighted by Crippen LogP contribution is 2.19. The van der Waals surface area contributed by atoms with E-state index in [4.69, 9.17) is 4.74 Å². The number of morpholine rings is 1. The van der Waals surface area contributed by atoms with Crippen molar-refractivity contribution >= 4 is 23.2 Å². The van der Waals surface area contributed by atoms with Gasteiger partial charge in [0, 0.05) is 57.2 Å². The molecule has 2 N–H and O–H groups in total. The van der Waals surface area contributed by atoms with Gasteiger partial charge >= 0.3 is 11.8 Å². The summed E-state index contributed by atoms with van der Waals surface area (Å²) < 4.78 is 5.31. The number of benzene rings is 1. The average Bonchev–Trinajstić information content (AvgIpc) is 2.73. The zero-order chi connectivity index (χ0) is 19.8. The topological polar surface area (TPSA) is 77.1 Å². The van der Waals surface area contributed by atoms with Crippen LogP contribution in [0.2, 0.25) is 0 Å². The third-order valence-corrected chi connectivity index (χ3v) is 5.24. The van der Waals surface area contributed by atoms with Crippen molar-refractivity contribution in [3.8, 4) is 0 Å². The summed E-state index contributed by atoms with van der Waals surface area (Å²) in [6, 6.07) is 7.66. The van der Waals surface area contributed by atoms with Gasteiger partial charge in [0.25, 0.3) is 0 Å². The highest BCUT2D eigenvalue weighted by atomic mass is 16.5. The summed E-state index contributed by atoms with van der Waals surface area (Å²) in [5.41, 5.74) is 1.77. The Bertz CT molecular complexity index is 638. The Kier molecular flexibility index (Phi) is 7.64. The van der Waals surface area contributed by atoms with Gasteiger partial charge in [-0.3, -0.25) is 14.5 Å². The molecule has 3 rings (SSSR count). The lowest BCUT2D eigenvalue weighted by Crippen LogP contribution is -2.44. The Balaban J connectivity index is 1.36.